The third-order valence-electron chi connectivity index (χ3n) is 5.43. The van der Waals surface area contributed by atoms with E-state index in [0.717, 1.165) is 42.1 Å². The quantitative estimate of drug-likeness (QED) is 0.488. The number of hydrogen-bond acceptors (Lipinski definition) is 7. The third-order valence-corrected chi connectivity index (χ3v) is 7.21. The van der Waals surface area contributed by atoms with Gasteiger partial charge in [0.1, 0.15) is 4.88 Å². The van der Waals surface area contributed by atoms with Crippen molar-refractivity contribution in [3.63, 3.8) is 0 Å². The van der Waals surface area contributed by atoms with E-state index in [2.05, 4.69) is 9.69 Å². The lowest BCUT2D eigenvalue weighted by molar-refractivity contribution is -0.123. The second-order valence-electron chi connectivity index (χ2n) is 7.56. The zero-order valence-corrected chi connectivity index (χ0v) is 18.8. The maximum absolute atomic E-state index is 13.8. The maximum atomic E-state index is 13.8. The van der Waals surface area contributed by atoms with Crippen molar-refractivity contribution < 1.29 is 14.4 Å². The van der Waals surface area contributed by atoms with Gasteiger partial charge in [-0.25, -0.2) is 0 Å². The highest BCUT2D eigenvalue weighted by atomic mass is 32.1. The van der Waals surface area contributed by atoms with Gasteiger partial charge in [0.15, 0.2) is 11.7 Å². The van der Waals surface area contributed by atoms with Gasteiger partial charge in [0.25, 0.3) is 11.8 Å². The molecule has 166 valence electrons. The molecule has 0 spiro atoms. The van der Waals surface area contributed by atoms with E-state index in [-0.39, 0.29) is 28.2 Å². The van der Waals surface area contributed by atoms with Crippen LogP contribution in [-0.2, 0) is 4.79 Å². The summed E-state index contributed by atoms with van der Waals surface area (Å²) in [7, 11) is 0. The van der Waals surface area contributed by atoms with Crippen LogP contribution in [0.5, 0.6) is 0 Å². The number of primary amides is 1. The number of carbonyl (C=O) groups excluding carboxylic acids is 3. The molecule has 1 unspecified atom stereocenters. The number of thiophene rings is 1. The van der Waals surface area contributed by atoms with Gasteiger partial charge in [-0.1, -0.05) is 37.1 Å². The Morgan fingerprint density at radius 1 is 1.09 bits per heavy atom. The molecule has 1 atom stereocenters. The minimum Gasteiger partial charge on any atom is -0.395 e. The molecule has 0 aliphatic heterocycles. The maximum Gasteiger partial charge on any atom is 0.273 e. The second kappa shape index (κ2) is 9.49. The molecule has 0 bridgehead atoms. The molecule has 2 aromatic heterocycles. The molecule has 4 rings (SSSR count). The Kier molecular flexibility index (Phi) is 6.52. The molecule has 2 heterocycles. The number of nitrogens with one attached hydrogen (secondary N) is 1. The molecule has 0 saturated heterocycles. The Morgan fingerprint density at radius 3 is 2.41 bits per heavy atom. The highest BCUT2D eigenvalue weighted by molar-refractivity contribution is 7.10. The molecule has 3 amide bonds. The number of hydrogen-bond donors (Lipinski definition) is 3. The van der Waals surface area contributed by atoms with E-state index in [1.807, 2.05) is 23.6 Å². The molecule has 1 aliphatic carbocycles. The number of aromatic nitrogens is 1. The van der Waals surface area contributed by atoms with Gasteiger partial charge < -0.3 is 16.8 Å². The molecule has 1 aliphatic rings. The van der Waals surface area contributed by atoms with Crippen molar-refractivity contribution in [1.29, 1.82) is 0 Å². The highest BCUT2D eigenvalue weighted by Crippen LogP contribution is 2.35. The van der Waals surface area contributed by atoms with Crippen LogP contribution in [0.25, 0.3) is 0 Å². The summed E-state index contributed by atoms with van der Waals surface area (Å²) < 4.78 is 3.96. The Labute approximate surface area is 193 Å². The van der Waals surface area contributed by atoms with Gasteiger partial charge in [-0.15, -0.1) is 11.3 Å². The summed E-state index contributed by atoms with van der Waals surface area (Å²) in [6, 6.07) is 11.8. The fraction of sp³-hybridized carbons (Fsp3) is 0.273. The minimum atomic E-state index is -0.899. The van der Waals surface area contributed by atoms with Crippen molar-refractivity contribution in [2.75, 3.05) is 10.6 Å². The number of nitrogen functional groups attached to an aromatic ring is 1. The lowest BCUT2D eigenvalue weighted by atomic mass is 10.1. The van der Waals surface area contributed by atoms with E-state index >= 15 is 0 Å². The SMILES string of the molecule is NC(=O)c1nsc(C(=O)N(c2ccccc2)C(C(=O)NC2CCCC2)c2cccs2)c1N. The Morgan fingerprint density at radius 2 is 1.81 bits per heavy atom. The first kappa shape index (κ1) is 22.0. The first-order valence-corrected chi connectivity index (χ1v) is 11.9. The zero-order valence-electron chi connectivity index (χ0n) is 17.2. The molecule has 1 fully saturated rings. The van der Waals surface area contributed by atoms with Crippen molar-refractivity contribution in [3.8, 4) is 0 Å². The van der Waals surface area contributed by atoms with Crippen LogP contribution >= 0.6 is 22.9 Å². The first-order chi connectivity index (χ1) is 15.5. The summed E-state index contributed by atoms with van der Waals surface area (Å²) in [6.45, 7) is 0. The molecule has 8 nitrogen and oxygen atoms in total. The van der Waals surface area contributed by atoms with Gasteiger partial charge in [0.2, 0.25) is 5.91 Å². The standard InChI is InChI=1S/C22H23N5O3S2/c23-16-17(20(24)28)26-32-19(16)22(30)27(14-9-2-1-3-10-14)18(15-11-6-12-31-15)21(29)25-13-7-4-5-8-13/h1-3,6,9-13,18H,4-5,7-8,23H2,(H2,24,28)(H,25,29). The number of rotatable bonds is 7. The Bertz CT molecular complexity index is 1110. The summed E-state index contributed by atoms with van der Waals surface area (Å²) >= 11 is 2.19. The van der Waals surface area contributed by atoms with Gasteiger partial charge in [0.05, 0.1) is 5.69 Å². The molecular formula is C22H23N5O3S2. The molecule has 1 aromatic carbocycles. The van der Waals surface area contributed by atoms with E-state index in [0.29, 0.717) is 5.69 Å². The normalized spacial score (nSPS) is 14.8. The van der Waals surface area contributed by atoms with Crippen LogP contribution in [0.2, 0.25) is 0 Å². The fourth-order valence-electron chi connectivity index (χ4n) is 3.88. The van der Waals surface area contributed by atoms with Crippen LogP contribution < -0.4 is 21.7 Å². The van der Waals surface area contributed by atoms with Crippen LogP contribution in [0.3, 0.4) is 0 Å². The largest absolute Gasteiger partial charge is 0.395 e. The topological polar surface area (TPSA) is 131 Å². The number of anilines is 2. The Balaban J connectivity index is 1.79. The van der Waals surface area contributed by atoms with Gasteiger partial charge in [0, 0.05) is 16.6 Å². The molecule has 10 heteroatoms. The van der Waals surface area contributed by atoms with Crippen molar-refractivity contribution >= 4 is 52.0 Å². The van der Waals surface area contributed by atoms with Gasteiger partial charge in [-0.3, -0.25) is 19.3 Å². The molecule has 1 saturated carbocycles. The fourth-order valence-corrected chi connectivity index (χ4v) is 5.44. The molecular weight excluding hydrogens is 446 g/mol. The zero-order chi connectivity index (χ0) is 22.7. The van der Waals surface area contributed by atoms with Crippen LogP contribution in [0, 0.1) is 0 Å². The lowest BCUT2D eigenvalue weighted by Gasteiger charge is -2.31. The predicted octanol–water partition coefficient (Wildman–Crippen LogP) is 3.33. The molecule has 3 aromatic rings. The smallest absolute Gasteiger partial charge is 0.273 e. The Hall–Kier alpha value is -3.24. The van der Waals surface area contributed by atoms with Crippen LogP contribution in [-0.4, -0.2) is 28.1 Å². The van der Waals surface area contributed by atoms with Crippen LogP contribution in [0.15, 0.2) is 47.8 Å². The van der Waals surface area contributed by atoms with Gasteiger partial charge >= 0.3 is 0 Å². The molecule has 32 heavy (non-hydrogen) atoms. The van der Waals surface area contributed by atoms with Crippen molar-refractivity contribution in [2.24, 2.45) is 5.73 Å². The second-order valence-corrected chi connectivity index (χ2v) is 9.31. The molecule has 5 N–H and O–H groups in total. The average molecular weight is 470 g/mol. The van der Waals surface area contributed by atoms with Crippen LogP contribution in [0.1, 0.15) is 56.8 Å². The summed E-state index contributed by atoms with van der Waals surface area (Å²) in [6.07, 6.45) is 3.99. The van der Waals surface area contributed by atoms with Crippen molar-refractivity contribution in [3.05, 3.63) is 63.3 Å². The number of nitrogens with zero attached hydrogens (tertiary/aromatic N) is 2. The number of amides is 3. The number of carbonyl (C=O) groups is 3. The first-order valence-electron chi connectivity index (χ1n) is 10.2. The average Bonchev–Trinajstić information content (AvgIpc) is 3.54. The van der Waals surface area contributed by atoms with E-state index in [4.69, 9.17) is 11.5 Å². The summed E-state index contributed by atoms with van der Waals surface area (Å²) in [5.41, 5.74) is 11.7. The molecule has 0 radical (unpaired) electrons. The summed E-state index contributed by atoms with van der Waals surface area (Å²) in [5, 5.41) is 4.98. The van der Waals surface area contributed by atoms with E-state index in [1.165, 1.54) is 16.2 Å². The van der Waals surface area contributed by atoms with Gasteiger partial charge in [-0.05, 0) is 48.0 Å². The monoisotopic (exact) mass is 469 g/mol. The predicted molar refractivity (Wildman–Crippen MR) is 126 cm³/mol. The van der Waals surface area contributed by atoms with E-state index < -0.39 is 17.9 Å². The van der Waals surface area contributed by atoms with Gasteiger partial charge in [-0.2, -0.15) is 4.37 Å². The van der Waals surface area contributed by atoms with E-state index in [9.17, 15) is 14.4 Å². The summed E-state index contributed by atoms with van der Waals surface area (Å²) in [4.78, 5) is 41.1. The minimum absolute atomic E-state index is 0.0675. The highest BCUT2D eigenvalue weighted by Gasteiger charge is 2.37. The van der Waals surface area contributed by atoms with Crippen molar-refractivity contribution in [1.82, 2.24) is 9.69 Å². The third kappa shape index (κ3) is 4.37. The number of para-hydroxylation sites is 1. The summed E-state index contributed by atoms with van der Waals surface area (Å²) in [5.74, 6) is -1.58. The number of nitrogens with two attached hydrogens (primary N) is 2. The number of benzene rings is 1. The van der Waals surface area contributed by atoms with E-state index in [1.54, 1.807) is 24.3 Å². The van der Waals surface area contributed by atoms with Crippen molar-refractivity contribution in [2.45, 2.75) is 37.8 Å². The lowest BCUT2D eigenvalue weighted by Crippen LogP contribution is -2.46. The van der Waals surface area contributed by atoms with Crippen LogP contribution in [0.4, 0.5) is 11.4 Å².